The second kappa shape index (κ2) is 4.79. The second-order valence-electron chi connectivity index (χ2n) is 3.98. The van der Waals surface area contributed by atoms with Gasteiger partial charge in [-0.3, -0.25) is 4.79 Å². The Kier molecular flexibility index (Phi) is 3.20. The summed E-state index contributed by atoms with van der Waals surface area (Å²) >= 11 is 0. The van der Waals surface area contributed by atoms with Crippen LogP contribution < -0.4 is 5.32 Å². The Morgan fingerprint density at radius 3 is 2.65 bits per heavy atom. The fraction of sp³-hybridized carbons (Fsp3) is 0.308. The summed E-state index contributed by atoms with van der Waals surface area (Å²) in [5.41, 5.74) is 0.232. The van der Waals surface area contributed by atoms with Crippen molar-refractivity contribution < 1.29 is 4.79 Å². The molecule has 1 aliphatic rings. The summed E-state index contributed by atoms with van der Waals surface area (Å²) in [5, 5.41) is 10.6. The molecule has 1 aliphatic heterocycles. The molecule has 4 heteroatoms. The lowest BCUT2D eigenvalue weighted by atomic mass is 10.0. The Morgan fingerprint density at radius 2 is 2.06 bits per heavy atom. The normalized spacial score (nSPS) is 15.0. The molecular formula is C13H13N3O. The van der Waals surface area contributed by atoms with E-state index in [1.54, 1.807) is 0 Å². The molecule has 0 bridgehead atoms. The Morgan fingerprint density at radius 1 is 1.35 bits per heavy atom. The van der Waals surface area contributed by atoms with Crippen LogP contribution in [0.15, 0.2) is 40.6 Å². The number of amides is 1. The van der Waals surface area contributed by atoms with E-state index in [4.69, 9.17) is 6.42 Å². The van der Waals surface area contributed by atoms with Gasteiger partial charge in [0, 0.05) is 18.5 Å². The van der Waals surface area contributed by atoms with Gasteiger partial charge in [-0.1, -0.05) is 18.2 Å². The fourth-order valence-corrected chi connectivity index (χ4v) is 1.59. The Hall–Kier alpha value is -2.15. The van der Waals surface area contributed by atoms with Crippen LogP contribution in [0.25, 0.3) is 0 Å². The number of benzene rings is 1. The minimum Gasteiger partial charge on any atom is -0.326 e. The van der Waals surface area contributed by atoms with E-state index in [0.717, 1.165) is 5.69 Å². The molecular weight excluding hydrogens is 214 g/mol. The average Bonchev–Trinajstić information content (AvgIpc) is 3.08. The highest BCUT2D eigenvalue weighted by Crippen LogP contribution is 2.36. The first-order chi connectivity index (χ1) is 8.24. The van der Waals surface area contributed by atoms with Gasteiger partial charge in [-0.2, -0.15) is 10.2 Å². The molecule has 17 heavy (non-hydrogen) atoms. The predicted octanol–water partition coefficient (Wildman–Crippen LogP) is 2.59. The lowest BCUT2D eigenvalue weighted by Crippen LogP contribution is -2.22. The van der Waals surface area contributed by atoms with E-state index in [-0.39, 0.29) is 12.3 Å². The highest BCUT2D eigenvalue weighted by Gasteiger charge is 2.41. The number of terminal acetylenes is 1. The molecule has 2 rings (SSSR count). The first-order valence-electron chi connectivity index (χ1n) is 5.46. The molecule has 1 aromatic carbocycles. The van der Waals surface area contributed by atoms with E-state index in [9.17, 15) is 4.79 Å². The Bertz CT molecular complexity index is 467. The summed E-state index contributed by atoms with van der Waals surface area (Å²) in [6.45, 7) is 0. The van der Waals surface area contributed by atoms with Crippen LogP contribution in [-0.4, -0.2) is 11.6 Å². The molecule has 86 valence electrons. The minimum atomic E-state index is -0.550. The van der Waals surface area contributed by atoms with Crippen LogP contribution in [0.1, 0.15) is 19.3 Å². The summed E-state index contributed by atoms with van der Waals surface area (Å²) in [6.07, 6.45) is 6.68. The largest absolute Gasteiger partial charge is 0.326 e. The summed E-state index contributed by atoms with van der Waals surface area (Å²) < 4.78 is 0. The van der Waals surface area contributed by atoms with Crippen molar-refractivity contribution in [1.82, 2.24) is 0 Å². The van der Waals surface area contributed by atoms with Gasteiger partial charge in [-0.05, 0) is 12.1 Å². The molecule has 1 amide bonds. The van der Waals surface area contributed by atoms with Crippen molar-refractivity contribution in [2.45, 2.75) is 24.9 Å². The number of nitrogens with zero attached hydrogens (tertiary/aromatic N) is 2. The molecule has 0 spiro atoms. The summed E-state index contributed by atoms with van der Waals surface area (Å²) in [6, 6.07) is 9.32. The minimum absolute atomic E-state index is 0.0850. The first kappa shape index (κ1) is 11.3. The molecule has 0 fully saturated rings. The monoisotopic (exact) mass is 227 g/mol. The zero-order chi connectivity index (χ0) is 12.1. The van der Waals surface area contributed by atoms with Crippen molar-refractivity contribution in [2.24, 2.45) is 10.2 Å². The van der Waals surface area contributed by atoms with E-state index in [2.05, 4.69) is 21.5 Å². The number of hydrogen-bond donors (Lipinski definition) is 1. The molecule has 0 saturated heterocycles. The molecule has 0 aromatic heterocycles. The first-order valence-corrected chi connectivity index (χ1v) is 5.46. The quantitative estimate of drug-likeness (QED) is 0.772. The highest BCUT2D eigenvalue weighted by atomic mass is 16.1. The SMILES string of the molecule is C#CCCC1(CC(=O)Nc2ccccc2)N=N1. The summed E-state index contributed by atoms with van der Waals surface area (Å²) in [4.78, 5) is 11.7. The van der Waals surface area contributed by atoms with Gasteiger partial charge in [0.2, 0.25) is 11.6 Å². The Labute approximate surface area is 100 Å². The van der Waals surface area contributed by atoms with Gasteiger partial charge in [0.15, 0.2) is 0 Å². The molecule has 0 aliphatic carbocycles. The van der Waals surface area contributed by atoms with Crippen molar-refractivity contribution in [3.05, 3.63) is 30.3 Å². The van der Waals surface area contributed by atoms with Gasteiger partial charge < -0.3 is 5.32 Å². The third-order valence-electron chi connectivity index (χ3n) is 2.55. The van der Waals surface area contributed by atoms with Crippen molar-refractivity contribution in [2.75, 3.05) is 5.32 Å². The topological polar surface area (TPSA) is 53.8 Å². The zero-order valence-corrected chi connectivity index (χ0v) is 9.39. The fourth-order valence-electron chi connectivity index (χ4n) is 1.59. The predicted molar refractivity (Wildman–Crippen MR) is 65.3 cm³/mol. The van der Waals surface area contributed by atoms with Crippen LogP contribution in [0.2, 0.25) is 0 Å². The van der Waals surface area contributed by atoms with E-state index in [1.165, 1.54) is 0 Å². The number of hydrogen-bond acceptors (Lipinski definition) is 3. The van der Waals surface area contributed by atoms with Crippen molar-refractivity contribution in [3.8, 4) is 12.3 Å². The number of carbonyl (C=O) groups excluding carboxylic acids is 1. The van der Waals surface area contributed by atoms with Crippen molar-refractivity contribution >= 4 is 11.6 Å². The maximum atomic E-state index is 11.7. The van der Waals surface area contributed by atoms with E-state index in [0.29, 0.717) is 12.8 Å². The van der Waals surface area contributed by atoms with Crippen LogP contribution >= 0.6 is 0 Å². The standard InChI is InChI=1S/C13H13N3O/c1-2-3-9-13(15-16-13)10-12(17)14-11-7-5-4-6-8-11/h1,4-8H,3,9-10H2,(H,14,17). The van der Waals surface area contributed by atoms with Crippen LogP contribution in [0, 0.1) is 12.3 Å². The van der Waals surface area contributed by atoms with Gasteiger partial charge in [0.05, 0.1) is 6.42 Å². The van der Waals surface area contributed by atoms with Gasteiger partial charge >= 0.3 is 0 Å². The number of nitrogens with one attached hydrogen (secondary N) is 1. The van der Waals surface area contributed by atoms with Gasteiger partial charge in [-0.15, -0.1) is 12.3 Å². The zero-order valence-electron chi connectivity index (χ0n) is 9.39. The van der Waals surface area contributed by atoms with Crippen molar-refractivity contribution in [1.29, 1.82) is 0 Å². The smallest absolute Gasteiger partial charge is 0.228 e. The number of carbonyl (C=O) groups is 1. The lowest BCUT2D eigenvalue weighted by molar-refractivity contribution is -0.116. The summed E-state index contributed by atoms with van der Waals surface area (Å²) in [5.74, 6) is 2.45. The molecule has 1 aromatic rings. The van der Waals surface area contributed by atoms with Crippen LogP contribution in [0.4, 0.5) is 5.69 Å². The molecule has 0 unspecified atom stereocenters. The van der Waals surface area contributed by atoms with Crippen LogP contribution in [-0.2, 0) is 4.79 Å². The number of rotatable bonds is 5. The third kappa shape index (κ3) is 3.15. The van der Waals surface area contributed by atoms with Gasteiger partial charge in [-0.25, -0.2) is 0 Å². The molecule has 1 N–H and O–H groups in total. The van der Waals surface area contributed by atoms with Crippen LogP contribution in [0.3, 0.4) is 0 Å². The Balaban J connectivity index is 1.84. The highest BCUT2D eigenvalue weighted by molar-refractivity contribution is 5.91. The number of para-hydroxylation sites is 1. The van der Waals surface area contributed by atoms with Gasteiger partial charge in [0.1, 0.15) is 0 Å². The number of anilines is 1. The molecule has 0 radical (unpaired) electrons. The lowest BCUT2D eigenvalue weighted by Gasteiger charge is -2.09. The second-order valence-corrected chi connectivity index (χ2v) is 3.98. The van der Waals surface area contributed by atoms with E-state index < -0.39 is 5.66 Å². The molecule has 4 nitrogen and oxygen atoms in total. The van der Waals surface area contributed by atoms with E-state index >= 15 is 0 Å². The van der Waals surface area contributed by atoms with Gasteiger partial charge in [0.25, 0.3) is 0 Å². The maximum absolute atomic E-state index is 11.7. The molecule has 1 heterocycles. The molecule has 0 saturated carbocycles. The van der Waals surface area contributed by atoms with Crippen molar-refractivity contribution in [3.63, 3.8) is 0 Å². The third-order valence-corrected chi connectivity index (χ3v) is 2.55. The average molecular weight is 227 g/mol. The van der Waals surface area contributed by atoms with E-state index in [1.807, 2.05) is 30.3 Å². The maximum Gasteiger partial charge on any atom is 0.228 e. The van der Waals surface area contributed by atoms with Crippen LogP contribution in [0.5, 0.6) is 0 Å². The summed E-state index contributed by atoms with van der Waals surface area (Å²) in [7, 11) is 0. The molecule has 0 atom stereocenters.